The summed E-state index contributed by atoms with van der Waals surface area (Å²) >= 11 is 0. The Bertz CT molecular complexity index is 646. The molecule has 0 saturated carbocycles. The van der Waals surface area contributed by atoms with Gasteiger partial charge in [-0.2, -0.15) is 0 Å². The summed E-state index contributed by atoms with van der Waals surface area (Å²) in [5.41, 5.74) is 2.72. The Hall–Kier alpha value is -1.67. The van der Waals surface area contributed by atoms with Gasteiger partial charge in [-0.1, -0.05) is 24.3 Å². The molecule has 7 heteroatoms. The predicted octanol–water partition coefficient (Wildman–Crippen LogP) is 1.21. The number of benzene rings is 1. The van der Waals surface area contributed by atoms with Crippen molar-refractivity contribution in [2.75, 3.05) is 79.7 Å². The van der Waals surface area contributed by atoms with Gasteiger partial charge in [-0.05, 0) is 50.7 Å². The first-order valence-corrected chi connectivity index (χ1v) is 11.5. The number of guanidine groups is 1. The van der Waals surface area contributed by atoms with Crippen LogP contribution in [0.3, 0.4) is 0 Å². The van der Waals surface area contributed by atoms with Crippen molar-refractivity contribution < 1.29 is 4.74 Å². The smallest absolute Gasteiger partial charge is 0.191 e. The van der Waals surface area contributed by atoms with E-state index in [1.807, 2.05) is 7.05 Å². The van der Waals surface area contributed by atoms with Crippen LogP contribution in [0.4, 0.5) is 0 Å². The number of morpholine rings is 1. The van der Waals surface area contributed by atoms with Gasteiger partial charge in [-0.3, -0.25) is 9.89 Å². The standard InChI is InChI=1S/C23H40N6O/c1-24-23(25-9-5-11-28-12-6-10-27(2)13-14-28)26-19-21-7-3-4-8-22(21)20-29-15-17-30-18-16-29/h3-4,7-8H,5-6,9-20H2,1-2H3,(H2,24,25,26). The van der Waals surface area contributed by atoms with Crippen LogP contribution in [0.2, 0.25) is 0 Å². The molecule has 7 nitrogen and oxygen atoms in total. The highest BCUT2D eigenvalue weighted by Gasteiger charge is 2.13. The van der Waals surface area contributed by atoms with Crippen molar-refractivity contribution in [2.24, 2.45) is 4.99 Å². The van der Waals surface area contributed by atoms with Crippen LogP contribution < -0.4 is 10.6 Å². The van der Waals surface area contributed by atoms with E-state index in [-0.39, 0.29) is 0 Å². The minimum absolute atomic E-state index is 0.790. The van der Waals surface area contributed by atoms with Crippen molar-refractivity contribution in [1.82, 2.24) is 25.3 Å². The van der Waals surface area contributed by atoms with Gasteiger partial charge in [0.05, 0.1) is 13.2 Å². The van der Waals surface area contributed by atoms with Gasteiger partial charge in [0.2, 0.25) is 0 Å². The number of rotatable bonds is 8. The molecule has 0 radical (unpaired) electrons. The van der Waals surface area contributed by atoms with Gasteiger partial charge in [0, 0.05) is 52.9 Å². The minimum atomic E-state index is 0.790. The van der Waals surface area contributed by atoms with E-state index in [4.69, 9.17) is 4.74 Å². The van der Waals surface area contributed by atoms with Gasteiger partial charge in [0.15, 0.2) is 5.96 Å². The van der Waals surface area contributed by atoms with Gasteiger partial charge in [0.25, 0.3) is 0 Å². The van der Waals surface area contributed by atoms with Crippen LogP contribution in [0.1, 0.15) is 24.0 Å². The lowest BCUT2D eigenvalue weighted by atomic mass is 10.1. The molecule has 0 bridgehead atoms. The maximum atomic E-state index is 5.47. The van der Waals surface area contributed by atoms with Crippen molar-refractivity contribution in [1.29, 1.82) is 0 Å². The van der Waals surface area contributed by atoms with Gasteiger partial charge < -0.3 is 25.2 Å². The summed E-state index contributed by atoms with van der Waals surface area (Å²) in [5.74, 6) is 0.881. The maximum absolute atomic E-state index is 5.47. The largest absolute Gasteiger partial charge is 0.379 e. The predicted molar refractivity (Wildman–Crippen MR) is 124 cm³/mol. The molecule has 3 rings (SSSR count). The van der Waals surface area contributed by atoms with Gasteiger partial charge in [-0.15, -0.1) is 0 Å². The first-order valence-electron chi connectivity index (χ1n) is 11.5. The Kier molecular flexibility index (Phi) is 9.89. The highest BCUT2D eigenvalue weighted by Crippen LogP contribution is 2.13. The van der Waals surface area contributed by atoms with Crippen molar-refractivity contribution in [2.45, 2.75) is 25.9 Å². The number of likely N-dealkylation sites (N-methyl/N-ethyl adjacent to an activating group) is 1. The topological polar surface area (TPSA) is 55.4 Å². The first-order chi connectivity index (χ1) is 14.7. The van der Waals surface area contributed by atoms with Crippen molar-refractivity contribution in [3.63, 3.8) is 0 Å². The molecule has 0 aromatic heterocycles. The third kappa shape index (κ3) is 7.87. The van der Waals surface area contributed by atoms with E-state index in [2.05, 4.69) is 61.6 Å². The molecule has 2 heterocycles. The fraction of sp³-hybridized carbons (Fsp3) is 0.696. The van der Waals surface area contributed by atoms with Gasteiger partial charge >= 0.3 is 0 Å². The fourth-order valence-corrected chi connectivity index (χ4v) is 4.12. The zero-order valence-corrected chi connectivity index (χ0v) is 18.9. The molecule has 0 aliphatic carbocycles. The quantitative estimate of drug-likeness (QED) is 0.378. The third-order valence-electron chi connectivity index (χ3n) is 6.04. The van der Waals surface area contributed by atoms with E-state index in [0.29, 0.717) is 0 Å². The van der Waals surface area contributed by atoms with Crippen LogP contribution in [0.25, 0.3) is 0 Å². The second-order valence-electron chi connectivity index (χ2n) is 8.36. The number of nitrogens with one attached hydrogen (secondary N) is 2. The Labute approximate surface area is 182 Å². The molecular weight excluding hydrogens is 376 g/mol. The Balaban J connectivity index is 1.39. The molecule has 0 amide bonds. The van der Waals surface area contributed by atoms with Crippen LogP contribution in [0, 0.1) is 0 Å². The SMILES string of the molecule is CN=C(NCCCN1CCCN(C)CC1)NCc1ccccc1CN1CCOCC1. The van der Waals surface area contributed by atoms with Gasteiger partial charge in [-0.25, -0.2) is 0 Å². The zero-order valence-electron chi connectivity index (χ0n) is 18.9. The molecule has 0 unspecified atom stereocenters. The number of ether oxygens (including phenoxy) is 1. The van der Waals surface area contributed by atoms with E-state index in [1.165, 1.54) is 43.7 Å². The number of hydrogen-bond donors (Lipinski definition) is 2. The normalized spacial score (nSPS) is 20.1. The highest BCUT2D eigenvalue weighted by atomic mass is 16.5. The molecule has 168 valence electrons. The zero-order chi connectivity index (χ0) is 21.0. The monoisotopic (exact) mass is 416 g/mol. The van der Waals surface area contributed by atoms with Crippen LogP contribution in [0.5, 0.6) is 0 Å². The molecule has 2 N–H and O–H groups in total. The highest BCUT2D eigenvalue weighted by molar-refractivity contribution is 5.79. The molecule has 2 aliphatic heterocycles. The van der Waals surface area contributed by atoms with E-state index >= 15 is 0 Å². The molecule has 0 atom stereocenters. The van der Waals surface area contributed by atoms with Crippen LogP contribution in [-0.4, -0.2) is 100 Å². The Morgan fingerprint density at radius 2 is 1.77 bits per heavy atom. The van der Waals surface area contributed by atoms with Crippen LogP contribution >= 0.6 is 0 Å². The fourth-order valence-electron chi connectivity index (χ4n) is 4.12. The van der Waals surface area contributed by atoms with Crippen molar-refractivity contribution >= 4 is 5.96 Å². The van der Waals surface area contributed by atoms with E-state index in [1.54, 1.807) is 0 Å². The van der Waals surface area contributed by atoms with Crippen LogP contribution in [-0.2, 0) is 17.8 Å². The lowest BCUT2D eigenvalue weighted by Crippen LogP contribution is -2.39. The summed E-state index contributed by atoms with van der Waals surface area (Å²) < 4.78 is 5.47. The first kappa shape index (κ1) is 23.0. The molecule has 2 fully saturated rings. The van der Waals surface area contributed by atoms with Crippen molar-refractivity contribution in [3.8, 4) is 0 Å². The molecule has 30 heavy (non-hydrogen) atoms. The van der Waals surface area contributed by atoms with Gasteiger partial charge in [0.1, 0.15) is 0 Å². The number of nitrogens with zero attached hydrogens (tertiary/aromatic N) is 4. The Morgan fingerprint density at radius 1 is 0.967 bits per heavy atom. The molecule has 2 saturated heterocycles. The lowest BCUT2D eigenvalue weighted by molar-refractivity contribution is 0.0341. The lowest BCUT2D eigenvalue weighted by Gasteiger charge is -2.27. The summed E-state index contributed by atoms with van der Waals surface area (Å²) in [6.45, 7) is 12.4. The molecule has 0 spiro atoms. The Morgan fingerprint density at radius 3 is 2.57 bits per heavy atom. The van der Waals surface area contributed by atoms with Crippen LogP contribution in [0.15, 0.2) is 29.3 Å². The number of aliphatic imine (C=N–C) groups is 1. The van der Waals surface area contributed by atoms with E-state index in [0.717, 1.165) is 64.9 Å². The second-order valence-corrected chi connectivity index (χ2v) is 8.36. The molecule has 1 aromatic rings. The summed E-state index contributed by atoms with van der Waals surface area (Å²) in [5, 5.41) is 6.97. The van der Waals surface area contributed by atoms with E-state index < -0.39 is 0 Å². The minimum Gasteiger partial charge on any atom is -0.379 e. The second kappa shape index (κ2) is 12.9. The summed E-state index contributed by atoms with van der Waals surface area (Å²) in [4.78, 5) is 11.9. The molecular formula is C23H40N6O. The van der Waals surface area contributed by atoms with E-state index in [9.17, 15) is 0 Å². The summed E-state index contributed by atoms with van der Waals surface area (Å²) in [6, 6.07) is 8.70. The number of hydrogen-bond acceptors (Lipinski definition) is 5. The third-order valence-corrected chi connectivity index (χ3v) is 6.04. The average molecular weight is 417 g/mol. The summed E-state index contributed by atoms with van der Waals surface area (Å²) in [7, 11) is 4.07. The maximum Gasteiger partial charge on any atom is 0.191 e. The average Bonchev–Trinajstić information content (AvgIpc) is 2.99. The summed E-state index contributed by atoms with van der Waals surface area (Å²) in [6.07, 6.45) is 2.41. The van der Waals surface area contributed by atoms with Crippen molar-refractivity contribution in [3.05, 3.63) is 35.4 Å². The molecule has 2 aliphatic rings. The molecule has 1 aromatic carbocycles.